The maximum Gasteiger partial charge on any atom is 0.197 e. The molecule has 0 fully saturated rings. The van der Waals surface area contributed by atoms with E-state index in [0.717, 1.165) is 9.86 Å². The molecule has 0 radical (unpaired) electrons. The average Bonchev–Trinajstić information content (AvgIpc) is 2.84. The number of fused-ring (bicyclic) bond motifs is 1. The maximum atomic E-state index is 12.6. The molecule has 3 aromatic rings. The maximum absolute atomic E-state index is 12.6. The van der Waals surface area contributed by atoms with Gasteiger partial charge in [-0.25, -0.2) is 4.98 Å². The van der Waals surface area contributed by atoms with Gasteiger partial charge >= 0.3 is 0 Å². The molecule has 100 valence electrons. The lowest BCUT2D eigenvalue weighted by molar-refractivity contribution is 0.104. The molecule has 4 nitrogen and oxygen atoms in total. The molecule has 0 saturated carbocycles. The van der Waals surface area contributed by atoms with E-state index in [1.165, 1.54) is 0 Å². The number of aromatic amines is 1. The molecule has 2 aromatic heterocycles. The van der Waals surface area contributed by atoms with Crippen molar-refractivity contribution in [1.29, 1.82) is 0 Å². The second-order valence-electron chi connectivity index (χ2n) is 4.28. The van der Waals surface area contributed by atoms with Crippen LogP contribution in [-0.2, 0) is 0 Å². The Hall–Kier alpha value is -1.85. The molecule has 0 aliphatic carbocycles. The smallest absolute Gasteiger partial charge is 0.197 e. The first-order valence-electron chi connectivity index (χ1n) is 5.79. The van der Waals surface area contributed by atoms with Crippen LogP contribution in [0.3, 0.4) is 0 Å². The number of nitrogens with two attached hydrogens (primary N) is 1. The predicted molar refractivity (Wildman–Crippen MR) is 83.1 cm³/mol. The summed E-state index contributed by atoms with van der Waals surface area (Å²) in [6, 6.07) is 6.86. The highest BCUT2D eigenvalue weighted by atomic mass is 79.9. The number of nitrogens with zero attached hydrogens (tertiary/aromatic N) is 1. The Morgan fingerprint density at radius 3 is 2.95 bits per heavy atom. The number of carbonyl (C=O) groups excluding carboxylic acids is 1. The molecule has 0 spiro atoms. The standard InChI is InChI=1S/C14H9BrClN3O/c15-7-4-9-10(6-19-14(9)18-5-7)13(20)8-2-1-3-11(16)12(8)17/h1-6H,17H2,(H,18,19). The van der Waals surface area contributed by atoms with Crippen molar-refractivity contribution in [1.82, 2.24) is 9.97 Å². The fourth-order valence-corrected chi connectivity index (χ4v) is 2.55. The van der Waals surface area contributed by atoms with Crippen LogP contribution in [0.15, 0.2) is 41.1 Å². The zero-order chi connectivity index (χ0) is 14.3. The van der Waals surface area contributed by atoms with Crippen molar-refractivity contribution in [2.45, 2.75) is 0 Å². The van der Waals surface area contributed by atoms with E-state index in [2.05, 4.69) is 25.9 Å². The van der Waals surface area contributed by atoms with Crippen LogP contribution < -0.4 is 5.73 Å². The molecule has 0 atom stereocenters. The molecule has 0 amide bonds. The first-order valence-corrected chi connectivity index (χ1v) is 6.96. The van der Waals surface area contributed by atoms with Crippen molar-refractivity contribution < 1.29 is 4.79 Å². The highest BCUT2D eigenvalue weighted by Crippen LogP contribution is 2.28. The highest BCUT2D eigenvalue weighted by molar-refractivity contribution is 9.10. The van der Waals surface area contributed by atoms with Crippen LogP contribution in [0.1, 0.15) is 15.9 Å². The van der Waals surface area contributed by atoms with Gasteiger partial charge in [-0.15, -0.1) is 0 Å². The Bertz CT molecular complexity index is 828. The summed E-state index contributed by atoms with van der Waals surface area (Å²) in [6.07, 6.45) is 3.30. The molecule has 0 aliphatic heterocycles. The van der Waals surface area contributed by atoms with Gasteiger partial charge in [-0.2, -0.15) is 0 Å². The lowest BCUT2D eigenvalue weighted by atomic mass is 10.0. The molecule has 3 N–H and O–H groups in total. The van der Waals surface area contributed by atoms with Crippen LogP contribution >= 0.6 is 27.5 Å². The number of nitrogen functional groups attached to an aromatic ring is 1. The van der Waals surface area contributed by atoms with Crippen molar-refractivity contribution in [3.8, 4) is 0 Å². The van der Waals surface area contributed by atoms with Crippen molar-refractivity contribution in [3.63, 3.8) is 0 Å². The minimum Gasteiger partial charge on any atom is -0.397 e. The number of hydrogen-bond acceptors (Lipinski definition) is 3. The Labute approximate surface area is 128 Å². The van der Waals surface area contributed by atoms with E-state index in [4.69, 9.17) is 17.3 Å². The van der Waals surface area contributed by atoms with Crippen LogP contribution in [-0.4, -0.2) is 15.8 Å². The summed E-state index contributed by atoms with van der Waals surface area (Å²) in [5.41, 5.74) is 7.72. The highest BCUT2D eigenvalue weighted by Gasteiger charge is 2.18. The van der Waals surface area contributed by atoms with Crippen molar-refractivity contribution in [3.05, 3.63) is 57.3 Å². The van der Waals surface area contributed by atoms with Crippen molar-refractivity contribution >= 4 is 50.0 Å². The third kappa shape index (κ3) is 2.09. The summed E-state index contributed by atoms with van der Waals surface area (Å²) in [5.74, 6) is -0.184. The molecular weight excluding hydrogens is 342 g/mol. The van der Waals surface area contributed by atoms with E-state index in [0.29, 0.717) is 21.8 Å². The van der Waals surface area contributed by atoms with Gasteiger partial charge in [0.15, 0.2) is 5.78 Å². The fourth-order valence-electron chi connectivity index (χ4n) is 2.05. The molecule has 2 heterocycles. The number of anilines is 1. The van der Waals surface area contributed by atoms with Gasteiger partial charge in [0, 0.05) is 33.4 Å². The number of H-pyrrole nitrogens is 1. The number of halogens is 2. The van der Waals surface area contributed by atoms with Crippen LogP contribution in [0.2, 0.25) is 5.02 Å². The number of rotatable bonds is 2. The molecule has 6 heteroatoms. The molecule has 3 rings (SSSR count). The summed E-state index contributed by atoms with van der Waals surface area (Å²) in [5, 5.41) is 1.11. The van der Waals surface area contributed by atoms with E-state index in [9.17, 15) is 4.79 Å². The lowest BCUT2D eigenvalue weighted by Crippen LogP contribution is -2.05. The first kappa shape index (κ1) is 13.1. The normalized spacial score (nSPS) is 10.9. The average molecular weight is 351 g/mol. The van der Waals surface area contributed by atoms with Crippen LogP contribution in [0.5, 0.6) is 0 Å². The Balaban J connectivity index is 2.18. The Morgan fingerprint density at radius 1 is 1.35 bits per heavy atom. The van der Waals surface area contributed by atoms with Gasteiger partial charge in [0.05, 0.1) is 10.7 Å². The number of para-hydroxylation sites is 1. The zero-order valence-corrected chi connectivity index (χ0v) is 12.5. The fraction of sp³-hybridized carbons (Fsp3) is 0. The zero-order valence-electron chi connectivity index (χ0n) is 10.2. The third-order valence-corrected chi connectivity index (χ3v) is 3.80. The van der Waals surface area contributed by atoms with Crippen LogP contribution in [0.4, 0.5) is 5.69 Å². The molecule has 1 aromatic carbocycles. The third-order valence-electron chi connectivity index (χ3n) is 3.04. The van der Waals surface area contributed by atoms with E-state index in [-0.39, 0.29) is 11.5 Å². The largest absolute Gasteiger partial charge is 0.397 e. The second-order valence-corrected chi connectivity index (χ2v) is 5.61. The lowest BCUT2D eigenvalue weighted by Gasteiger charge is -2.05. The number of benzene rings is 1. The number of ketones is 1. The summed E-state index contributed by atoms with van der Waals surface area (Å²) in [7, 11) is 0. The SMILES string of the molecule is Nc1c(Cl)cccc1C(=O)c1c[nH]c2ncc(Br)cc12. The van der Waals surface area contributed by atoms with E-state index >= 15 is 0 Å². The summed E-state index contributed by atoms with van der Waals surface area (Å²) < 4.78 is 0.803. The topological polar surface area (TPSA) is 71.8 Å². The number of nitrogens with one attached hydrogen (secondary N) is 1. The minimum atomic E-state index is -0.184. The quantitative estimate of drug-likeness (QED) is 0.545. The molecule has 0 unspecified atom stereocenters. The predicted octanol–water partition coefficient (Wildman–Crippen LogP) is 3.79. The second kappa shape index (κ2) is 4.92. The molecule has 0 aliphatic rings. The van der Waals surface area contributed by atoms with Gasteiger partial charge in [0.1, 0.15) is 5.65 Å². The van der Waals surface area contributed by atoms with E-state index < -0.39 is 0 Å². The number of hydrogen-bond donors (Lipinski definition) is 2. The van der Waals surface area contributed by atoms with E-state index in [1.54, 1.807) is 30.6 Å². The van der Waals surface area contributed by atoms with Gasteiger partial charge in [-0.1, -0.05) is 17.7 Å². The van der Waals surface area contributed by atoms with Crippen LogP contribution in [0, 0.1) is 0 Å². The summed E-state index contributed by atoms with van der Waals surface area (Å²) >= 11 is 9.31. The molecular formula is C14H9BrClN3O. The number of aromatic nitrogens is 2. The Morgan fingerprint density at radius 2 is 2.15 bits per heavy atom. The number of carbonyl (C=O) groups is 1. The van der Waals surface area contributed by atoms with Crippen molar-refractivity contribution in [2.75, 3.05) is 5.73 Å². The van der Waals surface area contributed by atoms with Crippen molar-refractivity contribution in [2.24, 2.45) is 0 Å². The van der Waals surface area contributed by atoms with Gasteiger partial charge < -0.3 is 10.7 Å². The van der Waals surface area contributed by atoms with Gasteiger partial charge in [-0.3, -0.25) is 4.79 Å². The first-order chi connectivity index (χ1) is 9.58. The summed E-state index contributed by atoms with van der Waals surface area (Å²) in [4.78, 5) is 19.8. The molecule has 20 heavy (non-hydrogen) atoms. The molecule has 0 saturated heterocycles. The van der Waals surface area contributed by atoms with Gasteiger partial charge in [0.2, 0.25) is 0 Å². The van der Waals surface area contributed by atoms with Gasteiger partial charge in [-0.05, 0) is 34.1 Å². The number of pyridine rings is 1. The van der Waals surface area contributed by atoms with Crippen LogP contribution in [0.25, 0.3) is 11.0 Å². The monoisotopic (exact) mass is 349 g/mol. The minimum absolute atomic E-state index is 0.184. The Kier molecular flexibility index (Phi) is 3.23. The molecule has 0 bridgehead atoms. The van der Waals surface area contributed by atoms with Gasteiger partial charge in [0.25, 0.3) is 0 Å². The van der Waals surface area contributed by atoms with E-state index in [1.807, 2.05) is 6.07 Å². The summed E-state index contributed by atoms with van der Waals surface area (Å²) in [6.45, 7) is 0.